The predicted octanol–water partition coefficient (Wildman–Crippen LogP) is -5.72. The Morgan fingerprint density at radius 2 is 1.57 bits per heavy atom. The average molecular weight is 214 g/mol. The standard InChI is InChI=1S/C6H8O7.Na/c7-3(8)1-2(5(10)11)4(9)6(12)13;/h2,4,9H,1H2,(H,7,8)(H,10,11)(H,12,13);/q;+1/p-1/t2-,4+;/m0./s1. The van der Waals surface area contributed by atoms with Gasteiger partial charge in [-0.2, -0.15) is 0 Å². The second kappa shape index (κ2) is 6.77. The molecular weight excluding hydrogens is 207 g/mol. The van der Waals surface area contributed by atoms with Crippen molar-refractivity contribution in [1.82, 2.24) is 0 Å². The van der Waals surface area contributed by atoms with E-state index in [0.29, 0.717) is 0 Å². The number of hydrogen-bond acceptors (Lipinski definition) is 5. The van der Waals surface area contributed by atoms with E-state index < -0.39 is 36.4 Å². The largest absolute Gasteiger partial charge is 1.00 e. The molecule has 0 heterocycles. The summed E-state index contributed by atoms with van der Waals surface area (Å²) >= 11 is 0. The van der Waals surface area contributed by atoms with Gasteiger partial charge < -0.3 is 25.2 Å². The Morgan fingerprint density at radius 1 is 1.14 bits per heavy atom. The fourth-order valence-electron chi connectivity index (χ4n) is 0.686. The van der Waals surface area contributed by atoms with Gasteiger partial charge in [-0.15, -0.1) is 0 Å². The van der Waals surface area contributed by atoms with Crippen LogP contribution in [0.1, 0.15) is 6.42 Å². The van der Waals surface area contributed by atoms with Gasteiger partial charge in [-0.05, 0) is 0 Å². The Hall–Kier alpha value is -0.630. The van der Waals surface area contributed by atoms with Crippen LogP contribution in [0.15, 0.2) is 0 Å². The average Bonchev–Trinajstić information content (AvgIpc) is 1.97. The van der Waals surface area contributed by atoms with Crippen LogP contribution in [0.25, 0.3) is 0 Å². The van der Waals surface area contributed by atoms with Crippen LogP contribution in [0.5, 0.6) is 0 Å². The number of carbonyl (C=O) groups is 3. The molecule has 0 aromatic carbocycles. The van der Waals surface area contributed by atoms with Gasteiger partial charge in [0.2, 0.25) is 0 Å². The number of aliphatic carboxylic acids is 3. The van der Waals surface area contributed by atoms with Crippen LogP contribution in [-0.4, -0.2) is 39.3 Å². The zero-order valence-electron chi connectivity index (χ0n) is 7.34. The van der Waals surface area contributed by atoms with Crippen molar-refractivity contribution in [3.63, 3.8) is 0 Å². The molecule has 3 N–H and O–H groups in total. The van der Waals surface area contributed by atoms with Crippen molar-refractivity contribution in [2.24, 2.45) is 5.92 Å². The van der Waals surface area contributed by atoms with Gasteiger partial charge in [0.15, 0.2) is 6.10 Å². The Balaban J connectivity index is 0. The van der Waals surface area contributed by atoms with Crippen molar-refractivity contribution in [2.75, 3.05) is 0 Å². The van der Waals surface area contributed by atoms with Crippen molar-refractivity contribution in [3.05, 3.63) is 0 Å². The van der Waals surface area contributed by atoms with Gasteiger partial charge in [0.25, 0.3) is 0 Å². The fraction of sp³-hybridized carbons (Fsp3) is 0.500. The van der Waals surface area contributed by atoms with Gasteiger partial charge in [-0.25, -0.2) is 4.79 Å². The summed E-state index contributed by atoms with van der Waals surface area (Å²) in [7, 11) is 0. The molecule has 2 atom stereocenters. The van der Waals surface area contributed by atoms with E-state index in [1.807, 2.05) is 0 Å². The summed E-state index contributed by atoms with van der Waals surface area (Å²) in [5.41, 5.74) is 0. The third kappa shape index (κ3) is 5.18. The van der Waals surface area contributed by atoms with Crippen molar-refractivity contribution in [1.29, 1.82) is 0 Å². The maximum Gasteiger partial charge on any atom is 1.00 e. The first kappa shape index (κ1) is 15.8. The van der Waals surface area contributed by atoms with Gasteiger partial charge in [0, 0.05) is 12.4 Å². The Bertz CT molecular complexity index is 238. The van der Waals surface area contributed by atoms with E-state index in [9.17, 15) is 19.5 Å². The molecule has 0 aliphatic heterocycles. The van der Waals surface area contributed by atoms with E-state index in [2.05, 4.69) is 0 Å². The van der Waals surface area contributed by atoms with Crippen LogP contribution < -0.4 is 34.7 Å². The Labute approximate surface area is 101 Å². The molecule has 0 aromatic heterocycles. The minimum atomic E-state index is -2.24. The molecule has 74 valence electrons. The van der Waals surface area contributed by atoms with Gasteiger partial charge >= 0.3 is 41.5 Å². The number of rotatable bonds is 5. The number of aliphatic hydroxyl groups excluding tert-OH is 1. The molecule has 0 spiro atoms. The zero-order chi connectivity index (χ0) is 10.6. The monoisotopic (exact) mass is 214 g/mol. The van der Waals surface area contributed by atoms with Crippen molar-refractivity contribution in [2.45, 2.75) is 12.5 Å². The Kier molecular flexibility index (Phi) is 7.65. The Morgan fingerprint density at radius 3 is 1.79 bits per heavy atom. The minimum Gasteiger partial charge on any atom is -0.550 e. The smallest absolute Gasteiger partial charge is 0.550 e. The third-order valence-electron chi connectivity index (χ3n) is 1.34. The quantitative estimate of drug-likeness (QED) is 0.388. The van der Waals surface area contributed by atoms with E-state index in [-0.39, 0.29) is 29.6 Å². The van der Waals surface area contributed by atoms with Crippen LogP contribution in [0.2, 0.25) is 0 Å². The molecule has 0 unspecified atom stereocenters. The normalized spacial score (nSPS) is 13.5. The molecule has 7 nitrogen and oxygen atoms in total. The van der Waals surface area contributed by atoms with E-state index >= 15 is 0 Å². The SMILES string of the molecule is O=C([O-])C[C@H](C(=O)O)[C@@H](O)C(=O)O.[Na+]. The summed E-state index contributed by atoms with van der Waals surface area (Å²) in [6.07, 6.45) is -3.28. The maximum absolute atomic E-state index is 10.3. The van der Waals surface area contributed by atoms with Crippen molar-refractivity contribution >= 4 is 17.9 Å². The first-order chi connectivity index (χ1) is 5.86. The maximum atomic E-state index is 10.3. The summed E-state index contributed by atoms with van der Waals surface area (Å²) in [6.45, 7) is 0. The fourth-order valence-corrected chi connectivity index (χ4v) is 0.686. The molecule has 0 aliphatic carbocycles. The molecule has 0 radical (unpaired) electrons. The summed E-state index contributed by atoms with van der Waals surface area (Å²) in [5.74, 6) is -7.09. The van der Waals surface area contributed by atoms with E-state index in [1.165, 1.54) is 0 Å². The molecular formula is C6H7NaO7. The number of aliphatic hydroxyl groups is 1. The van der Waals surface area contributed by atoms with Crippen LogP contribution in [-0.2, 0) is 14.4 Å². The van der Waals surface area contributed by atoms with Gasteiger partial charge in [0.05, 0.1) is 5.92 Å². The van der Waals surface area contributed by atoms with Crippen LogP contribution in [0, 0.1) is 5.92 Å². The second-order valence-electron chi connectivity index (χ2n) is 2.30. The molecule has 0 aromatic rings. The summed E-state index contributed by atoms with van der Waals surface area (Å²) < 4.78 is 0. The van der Waals surface area contributed by atoms with E-state index in [0.717, 1.165) is 0 Å². The van der Waals surface area contributed by atoms with Crippen LogP contribution in [0.3, 0.4) is 0 Å². The molecule has 0 fully saturated rings. The summed E-state index contributed by atoms with van der Waals surface area (Å²) in [5, 5.41) is 35.2. The topological polar surface area (TPSA) is 135 Å². The predicted molar refractivity (Wildman–Crippen MR) is 34.4 cm³/mol. The zero-order valence-corrected chi connectivity index (χ0v) is 9.34. The number of carbonyl (C=O) groups excluding carboxylic acids is 1. The molecule has 0 saturated carbocycles. The number of hydrogen-bond donors (Lipinski definition) is 3. The first-order valence-corrected chi connectivity index (χ1v) is 3.19. The van der Waals surface area contributed by atoms with Gasteiger partial charge in [-0.3, -0.25) is 4.79 Å². The molecule has 8 heteroatoms. The van der Waals surface area contributed by atoms with Crippen molar-refractivity contribution < 1.29 is 64.4 Å². The first-order valence-electron chi connectivity index (χ1n) is 3.19. The minimum absolute atomic E-state index is 0. The molecule has 0 bridgehead atoms. The van der Waals surface area contributed by atoms with Gasteiger partial charge in [-0.1, -0.05) is 0 Å². The van der Waals surface area contributed by atoms with Crippen LogP contribution in [0.4, 0.5) is 0 Å². The third-order valence-corrected chi connectivity index (χ3v) is 1.34. The van der Waals surface area contributed by atoms with Crippen LogP contribution >= 0.6 is 0 Å². The molecule has 0 amide bonds. The molecule has 0 saturated heterocycles. The van der Waals surface area contributed by atoms with E-state index in [4.69, 9.17) is 15.3 Å². The summed E-state index contributed by atoms with van der Waals surface area (Å²) in [4.78, 5) is 30.3. The van der Waals surface area contributed by atoms with Gasteiger partial charge in [0.1, 0.15) is 0 Å². The molecule has 14 heavy (non-hydrogen) atoms. The second-order valence-corrected chi connectivity index (χ2v) is 2.30. The molecule has 0 aliphatic rings. The summed E-state index contributed by atoms with van der Waals surface area (Å²) in [6, 6.07) is 0. The van der Waals surface area contributed by atoms with E-state index in [1.54, 1.807) is 0 Å². The number of carboxylic acid groups (broad SMARTS) is 3. The van der Waals surface area contributed by atoms with Crippen molar-refractivity contribution in [3.8, 4) is 0 Å². The molecule has 0 rings (SSSR count). The number of carboxylic acids is 3.